The van der Waals surface area contributed by atoms with Crippen LogP contribution in [-0.2, 0) is 9.59 Å². The first-order valence-corrected chi connectivity index (χ1v) is 7.62. The molecule has 5 nitrogen and oxygen atoms in total. The molecule has 2 atom stereocenters. The van der Waals surface area contributed by atoms with Crippen LogP contribution < -0.4 is 10.6 Å². The predicted octanol–water partition coefficient (Wildman–Crippen LogP) is 1.74. The molecule has 2 aliphatic carbocycles. The fourth-order valence-corrected chi connectivity index (χ4v) is 2.91. The van der Waals surface area contributed by atoms with Gasteiger partial charge < -0.3 is 10.6 Å². The number of carbonyl (C=O) groups excluding carboxylic acids is 2. The van der Waals surface area contributed by atoms with Gasteiger partial charge in [-0.05, 0) is 32.1 Å². The van der Waals surface area contributed by atoms with Crippen LogP contribution in [0.3, 0.4) is 0 Å². The lowest BCUT2D eigenvalue weighted by Crippen LogP contribution is -2.48. The lowest BCUT2D eigenvalue weighted by Gasteiger charge is -2.28. The molecule has 2 rings (SSSR count). The van der Waals surface area contributed by atoms with E-state index in [4.69, 9.17) is 5.26 Å². The van der Waals surface area contributed by atoms with Gasteiger partial charge in [-0.2, -0.15) is 5.26 Å². The minimum Gasteiger partial charge on any atom is -0.350 e. The molecule has 0 bridgehead atoms. The second-order valence-electron chi connectivity index (χ2n) is 7.69. The number of carbonyl (C=O) groups is 2. The van der Waals surface area contributed by atoms with E-state index < -0.39 is 11.0 Å². The number of nitrogens with one attached hydrogen (secondary N) is 2. The van der Waals surface area contributed by atoms with Gasteiger partial charge in [-0.15, -0.1) is 0 Å². The molecule has 2 fully saturated rings. The van der Waals surface area contributed by atoms with Gasteiger partial charge in [0.1, 0.15) is 5.54 Å². The van der Waals surface area contributed by atoms with Crippen LogP contribution >= 0.6 is 0 Å². The van der Waals surface area contributed by atoms with Crippen LogP contribution in [0, 0.1) is 28.6 Å². The minimum atomic E-state index is -0.638. The maximum Gasteiger partial charge on any atom is 0.227 e. The molecule has 2 N–H and O–H groups in total. The summed E-state index contributed by atoms with van der Waals surface area (Å²) in [5.74, 6) is -0.0310. The van der Waals surface area contributed by atoms with Crippen LogP contribution in [0.15, 0.2) is 0 Å². The van der Waals surface area contributed by atoms with Gasteiger partial charge >= 0.3 is 0 Å². The van der Waals surface area contributed by atoms with Crippen LogP contribution in [0.4, 0.5) is 0 Å². The Morgan fingerprint density at radius 1 is 1.29 bits per heavy atom. The Labute approximate surface area is 126 Å². The van der Waals surface area contributed by atoms with Gasteiger partial charge in [0.05, 0.1) is 6.07 Å². The van der Waals surface area contributed by atoms with Crippen molar-refractivity contribution in [2.75, 3.05) is 0 Å². The van der Waals surface area contributed by atoms with E-state index in [-0.39, 0.29) is 29.2 Å². The SMILES string of the molecule is CC(C)C(=O)NC1(C)CC1C(C)(C)C(=O)NC1(C#N)CC1. The molecule has 2 amide bonds. The van der Waals surface area contributed by atoms with E-state index in [1.54, 1.807) is 0 Å². The van der Waals surface area contributed by atoms with Gasteiger partial charge in [0, 0.05) is 16.9 Å². The van der Waals surface area contributed by atoms with Crippen LogP contribution in [0.2, 0.25) is 0 Å². The number of nitriles is 1. The zero-order valence-electron chi connectivity index (χ0n) is 13.5. The highest BCUT2D eigenvalue weighted by atomic mass is 16.2. The van der Waals surface area contributed by atoms with E-state index in [9.17, 15) is 9.59 Å². The molecule has 0 saturated heterocycles. The Kier molecular flexibility index (Phi) is 3.56. The summed E-state index contributed by atoms with van der Waals surface area (Å²) < 4.78 is 0. The van der Waals surface area contributed by atoms with E-state index in [2.05, 4.69) is 16.7 Å². The Balaban J connectivity index is 2.00. The van der Waals surface area contributed by atoms with Crippen molar-refractivity contribution in [1.29, 1.82) is 5.26 Å². The molecule has 0 aromatic rings. The largest absolute Gasteiger partial charge is 0.350 e. The van der Waals surface area contributed by atoms with Gasteiger partial charge in [-0.25, -0.2) is 0 Å². The topological polar surface area (TPSA) is 82.0 Å². The summed E-state index contributed by atoms with van der Waals surface area (Å²) in [4.78, 5) is 24.4. The van der Waals surface area contributed by atoms with Gasteiger partial charge in [0.25, 0.3) is 0 Å². The van der Waals surface area contributed by atoms with Crippen molar-refractivity contribution in [3.63, 3.8) is 0 Å². The average molecular weight is 291 g/mol. The lowest BCUT2D eigenvalue weighted by molar-refractivity contribution is -0.132. The molecular weight excluding hydrogens is 266 g/mol. The summed E-state index contributed by atoms with van der Waals surface area (Å²) in [5.41, 5.74) is -1.54. The second kappa shape index (κ2) is 4.72. The van der Waals surface area contributed by atoms with E-state index in [0.717, 1.165) is 19.3 Å². The van der Waals surface area contributed by atoms with Gasteiger partial charge in [0.15, 0.2) is 0 Å². The van der Waals surface area contributed by atoms with Gasteiger partial charge in [-0.3, -0.25) is 9.59 Å². The monoisotopic (exact) mass is 291 g/mol. The van der Waals surface area contributed by atoms with Crippen LogP contribution in [0.25, 0.3) is 0 Å². The molecule has 21 heavy (non-hydrogen) atoms. The number of nitrogens with zero attached hydrogens (tertiary/aromatic N) is 1. The van der Waals surface area contributed by atoms with Crippen LogP contribution in [-0.4, -0.2) is 22.9 Å². The zero-order chi connectivity index (χ0) is 16.1. The van der Waals surface area contributed by atoms with E-state index in [1.807, 2.05) is 34.6 Å². The Morgan fingerprint density at radius 3 is 2.29 bits per heavy atom. The molecule has 0 spiro atoms. The van der Waals surface area contributed by atoms with E-state index in [1.165, 1.54) is 0 Å². The Bertz CT molecular complexity index is 514. The zero-order valence-corrected chi connectivity index (χ0v) is 13.5. The van der Waals surface area contributed by atoms with E-state index in [0.29, 0.717) is 0 Å². The van der Waals surface area contributed by atoms with Crippen molar-refractivity contribution < 1.29 is 9.59 Å². The highest BCUT2D eigenvalue weighted by Gasteiger charge is 2.61. The third-order valence-electron chi connectivity index (χ3n) is 4.94. The molecule has 0 aromatic carbocycles. The molecule has 0 aliphatic heterocycles. The first kappa shape index (κ1) is 15.8. The van der Waals surface area contributed by atoms with Gasteiger partial charge in [0.2, 0.25) is 11.8 Å². The fraction of sp³-hybridized carbons (Fsp3) is 0.812. The summed E-state index contributed by atoms with van der Waals surface area (Å²) in [6.45, 7) is 9.50. The second-order valence-corrected chi connectivity index (χ2v) is 7.69. The third-order valence-corrected chi connectivity index (χ3v) is 4.94. The summed E-state index contributed by atoms with van der Waals surface area (Å²) in [6.07, 6.45) is 2.26. The maximum atomic E-state index is 12.5. The lowest BCUT2D eigenvalue weighted by atomic mass is 9.83. The fourth-order valence-electron chi connectivity index (χ4n) is 2.91. The van der Waals surface area contributed by atoms with Crippen molar-refractivity contribution in [2.45, 2.75) is 65.0 Å². The highest BCUT2D eigenvalue weighted by Crippen LogP contribution is 2.54. The molecular formula is C16H25N3O2. The highest BCUT2D eigenvalue weighted by molar-refractivity contribution is 5.85. The summed E-state index contributed by atoms with van der Waals surface area (Å²) in [5, 5.41) is 15.0. The summed E-state index contributed by atoms with van der Waals surface area (Å²) >= 11 is 0. The van der Waals surface area contributed by atoms with Crippen LogP contribution in [0.1, 0.15) is 53.9 Å². The minimum absolute atomic E-state index is 0.0203. The smallest absolute Gasteiger partial charge is 0.227 e. The molecule has 0 aromatic heterocycles. The molecule has 116 valence electrons. The standard InChI is InChI=1S/C16H25N3O2/c1-10(2)12(20)18-15(5)8-11(15)14(3,4)13(21)19-16(9-17)6-7-16/h10-11H,6-8H2,1-5H3,(H,18,20)(H,19,21). The quantitative estimate of drug-likeness (QED) is 0.809. The molecule has 2 aliphatic rings. The maximum absolute atomic E-state index is 12.5. The summed E-state index contributed by atoms with van der Waals surface area (Å²) in [6, 6.07) is 2.18. The van der Waals surface area contributed by atoms with Crippen molar-refractivity contribution in [3.05, 3.63) is 0 Å². The first-order chi connectivity index (χ1) is 9.56. The average Bonchev–Trinajstić information content (AvgIpc) is 3.27. The number of hydrogen-bond acceptors (Lipinski definition) is 3. The predicted molar refractivity (Wildman–Crippen MR) is 79.0 cm³/mol. The third kappa shape index (κ3) is 2.90. The molecule has 0 heterocycles. The molecule has 2 saturated carbocycles. The number of rotatable bonds is 5. The van der Waals surface area contributed by atoms with Crippen molar-refractivity contribution in [2.24, 2.45) is 17.3 Å². The molecule has 2 unspecified atom stereocenters. The number of hydrogen-bond donors (Lipinski definition) is 2. The number of amides is 2. The molecule has 0 radical (unpaired) electrons. The van der Waals surface area contributed by atoms with Crippen molar-refractivity contribution >= 4 is 11.8 Å². The normalized spacial score (nSPS) is 29.5. The Hall–Kier alpha value is -1.57. The summed E-state index contributed by atoms with van der Waals surface area (Å²) in [7, 11) is 0. The first-order valence-electron chi connectivity index (χ1n) is 7.62. The molecule has 5 heteroatoms. The van der Waals surface area contributed by atoms with Gasteiger partial charge in [-0.1, -0.05) is 27.7 Å². The Morgan fingerprint density at radius 2 is 1.86 bits per heavy atom. The van der Waals surface area contributed by atoms with Crippen molar-refractivity contribution in [1.82, 2.24) is 10.6 Å². The van der Waals surface area contributed by atoms with Crippen molar-refractivity contribution in [3.8, 4) is 6.07 Å². The van der Waals surface area contributed by atoms with Crippen LogP contribution in [0.5, 0.6) is 0 Å². The van der Waals surface area contributed by atoms with E-state index >= 15 is 0 Å².